The first kappa shape index (κ1) is 16.2. The monoisotopic (exact) mass is 341 g/mol. The SMILES string of the molecule is CO[C@H]1CN(c2nnnn2CCC23CCC(CC2)C3)CC(F)(F)C1. The van der Waals surface area contributed by atoms with Gasteiger partial charge in [-0.3, -0.25) is 0 Å². The Hall–Kier alpha value is -1.31. The third kappa shape index (κ3) is 3.00. The summed E-state index contributed by atoms with van der Waals surface area (Å²) in [4.78, 5) is 1.57. The van der Waals surface area contributed by atoms with Crippen molar-refractivity contribution in [3.63, 3.8) is 0 Å². The van der Waals surface area contributed by atoms with Crippen LogP contribution in [-0.4, -0.2) is 52.4 Å². The van der Waals surface area contributed by atoms with Gasteiger partial charge in [-0.05, 0) is 60.3 Å². The molecule has 2 aliphatic carbocycles. The summed E-state index contributed by atoms with van der Waals surface area (Å²) in [6.07, 6.45) is 6.89. The van der Waals surface area contributed by atoms with E-state index in [1.165, 1.54) is 39.2 Å². The summed E-state index contributed by atoms with van der Waals surface area (Å²) in [7, 11) is 1.48. The topological polar surface area (TPSA) is 56.1 Å². The Kier molecular flexibility index (Phi) is 3.97. The number of aryl methyl sites for hydroxylation is 1. The fourth-order valence-corrected chi connectivity index (χ4v) is 4.94. The normalized spacial score (nSPS) is 34.9. The van der Waals surface area contributed by atoms with Gasteiger partial charge in [-0.1, -0.05) is 5.10 Å². The molecule has 0 aromatic carbocycles. The smallest absolute Gasteiger partial charge is 0.267 e. The molecule has 3 fully saturated rings. The van der Waals surface area contributed by atoms with Crippen molar-refractivity contribution >= 4 is 5.95 Å². The van der Waals surface area contributed by atoms with Crippen LogP contribution in [0.2, 0.25) is 0 Å². The van der Waals surface area contributed by atoms with Crippen molar-refractivity contribution in [3.8, 4) is 0 Å². The molecular formula is C16H25F2N5O. The van der Waals surface area contributed by atoms with Crippen LogP contribution in [0.15, 0.2) is 0 Å². The molecule has 0 N–H and O–H groups in total. The molecule has 3 aliphatic rings. The van der Waals surface area contributed by atoms with Gasteiger partial charge in [0.25, 0.3) is 5.92 Å². The second-order valence-corrected chi connectivity index (χ2v) is 7.90. The lowest BCUT2D eigenvalue weighted by molar-refractivity contribution is -0.0649. The quantitative estimate of drug-likeness (QED) is 0.824. The molecule has 0 radical (unpaired) electrons. The maximum Gasteiger partial charge on any atom is 0.267 e. The van der Waals surface area contributed by atoms with Gasteiger partial charge in [-0.25, -0.2) is 13.5 Å². The Morgan fingerprint density at radius 3 is 2.71 bits per heavy atom. The summed E-state index contributed by atoms with van der Waals surface area (Å²) >= 11 is 0. The molecule has 8 heteroatoms. The fourth-order valence-electron chi connectivity index (χ4n) is 4.94. The maximum absolute atomic E-state index is 14.0. The highest BCUT2D eigenvalue weighted by molar-refractivity contribution is 5.30. The highest BCUT2D eigenvalue weighted by Gasteiger charge is 2.45. The molecule has 2 saturated carbocycles. The van der Waals surface area contributed by atoms with E-state index in [9.17, 15) is 8.78 Å². The number of methoxy groups -OCH3 is 1. The molecule has 0 amide bonds. The maximum atomic E-state index is 14.0. The minimum absolute atomic E-state index is 0.244. The number of rotatable bonds is 5. The summed E-state index contributed by atoms with van der Waals surface area (Å²) in [6, 6.07) is 0. The number of hydrogen-bond acceptors (Lipinski definition) is 5. The van der Waals surface area contributed by atoms with Crippen molar-refractivity contribution in [2.45, 2.75) is 63.5 Å². The lowest BCUT2D eigenvalue weighted by atomic mass is 9.81. The molecule has 0 spiro atoms. The average Bonchev–Trinajstić information content (AvgIpc) is 3.27. The van der Waals surface area contributed by atoms with Crippen LogP contribution in [-0.2, 0) is 11.3 Å². The second-order valence-electron chi connectivity index (χ2n) is 7.90. The van der Waals surface area contributed by atoms with E-state index >= 15 is 0 Å². The Balaban J connectivity index is 1.46. The van der Waals surface area contributed by atoms with Crippen LogP contribution in [0.3, 0.4) is 0 Å². The van der Waals surface area contributed by atoms with E-state index in [1.807, 2.05) is 0 Å². The molecule has 4 rings (SSSR count). The van der Waals surface area contributed by atoms with Crippen LogP contribution >= 0.6 is 0 Å². The molecule has 2 bridgehead atoms. The van der Waals surface area contributed by atoms with Crippen LogP contribution in [0, 0.1) is 11.3 Å². The molecule has 1 atom stereocenters. The summed E-state index contributed by atoms with van der Waals surface area (Å²) in [5.74, 6) is -1.43. The Morgan fingerprint density at radius 1 is 1.25 bits per heavy atom. The molecule has 134 valence electrons. The number of anilines is 1. The number of nitrogens with zero attached hydrogens (tertiary/aromatic N) is 5. The number of alkyl halides is 2. The number of hydrogen-bond donors (Lipinski definition) is 0. The van der Waals surface area contributed by atoms with E-state index in [2.05, 4.69) is 15.5 Å². The molecule has 1 aromatic heterocycles. The zero-order valence-electron chi connectivity index (χ0n) is 14.1. The predicted octanol–water partition coefficient (Wildman–Crippen LogP) is 2.50. The van der Waals surface area contributed by atoms with Gasteiger partial charge in [0.15, 0.2) is 0 Å². The molecule has 24 heavy (non-hydrogen) atoms. The first-order valence-electron chi connectivity index (χ1n) is 8.90. The van der Waals surface area contributed by atoms with Gasteiger partial charge in [0.05, 0.1) is 12.6 Å². The van der Waals surface area contributed by atoms with Gasteiger partial charge in [-0.15, -0.1) is 0 Å². The van der Waals surface area contributed by atoms with Crippen molar-refractivity contribution in [2.24, 2.45) is 11.3 Å². The van der Waals surface area contributed by atoms with Gasteiger partial charge >= 0.3 is 0 Å². The Morgan fingerprint density at radius 2 is 2.04 bits per heavy atom. The molecule has 6 nitrogen and oxygen atoms in total. The number of tetrazole rings is 1. The minimum Gasteiger partial charge on any atom is -0.379 e. The summed E-state index contributed by atoms with van der Waals surface area (Å²) in [5, 5.41) is 11.8. The highest BCUT2D eigenvalue weighted by atomic mass is 19.3. The van der Waals surface area contributed by atoms with Crippen LogP contribution in [0.5, 0.6) is 0 Å². The largest absolute Gasteiger partial charge is 0.379 e. The van der Waals surface area contributed by atoms with E-state index in [0.717, 1.165) is 12.3 Å². The first-order chi connectivity index (χ1) is 11.5. The van der Waals surface area contributed by atoms with Gasteiger partial charge in [0, 0.05) is 26.6 Å². The van der Waals surface area contributed by atoms with Crippen LogP contribution in [0.4, 0.5) is 14.7 Å². The van der Waals surface area contributed by atoms with Gasteiger partial charge in [-0.2, -0.15) is 0 Å². The summed E-state index contributed by atoms with van der Waals surface area (Å²) in [6.45, 7) is 0.759. The number of ether oxygens (including phenoxy) is 1. The van der Waals surface area contributed by atoms with Gasteiger partial charge in [0.2, 0.25) is 5.95 Å². The minimum atomic E-state index is -2.78. The third-order valence-electron chi connectivity index (χ3n) is 6.24. The Labute approximate surface area is 140 Å². The molecule has 1 saturated heterocycles. The van der Waals surface area contributed by atoms with Crippen molar-refractivity contribution in [1.82, 2.24) is 20.2 Å². The van der Waals surface area contributed by atoms with E-state index < -0.39 is 12.0 Å². The van der Waals surface area contributed by atoms with Crippen LogP contribution in [0.1, 0.15) is 44.9 Å². The first-order valence-corrected chi connectivity index (χ1v) is 8.90. The van der Waals surface area contributed by atoms with Crippen LogP contribution in [0.25, 0.3) is 0 Å². The lowest BCUT2D eigenvalue weighted by Crippen LogP contribution is -2.51. The fraction of sp³-hybridized carbons (Fsp3) is 0.938. The number of aromatic nitrogens is 4. The number of fused-ring (bicyclic) bond motifs is 2. The average molecular weight is 341 g/mol. The number of halogens is 2. The Bertz CT molecular complexity index is 585. The van der Waals surface area contributed by atoms with Gasteiger partial charge < -0.3 is 9.64 Å². The van der Waals surface area contributed by atoms with E-state index in [1.54, 1.807) is 9.58 Å². The standard InChI is InChI=1S/C16H25F2N5O/c1-24-13-9-16(17,18)11-22(10-13)14-19-20-21-23(14)7-6-15-4-2-12(8-15)3-5-15/h12-13H,2-11H2,1H3/t12?,13-,15?/m1/s1. The summed E-state index contributed by atoms with van der Waals surface area (Å²) in [5.41, 5.74) is 0.439. The van der Waals surface area contributed by atoms with Crippen molar-refractivity contribution in [2.75, 3.05) is 25.1 Å². The van der Waals surface area contributed by atoms with Crippen molar-refractivity contribution in [3.05, 3.63) is 0 Å². The van der Waals surface area contributed by atoms with E-state index in [-0.39, 0.29) is 13.0 Å². The molecule has 1 aliphatic heterocycles. The molecule has 1 aromatic rings. The third-order valence-corrected chi connectivity index (χ3v) is 6.24. The molecule has 0 unspecified atom stereocenters. The zero-order valence-corrected chi connectivity index (χ0v) is 14.1. The second kappa shape index (κ2) is 5.89. The van der Waals surface area contributed by atoms with Gasteiger partial charge in [0.1, 0.15) is 0 Å². The lowest BCUT2D eigenvalue weighted by Gasteiger charge is -2.37. The highest BCUT2D eigenvalue weighted by Crippen LogP contribution is 2.56. The predicted molar refractivity (Wildman–Crippen MR) is 84.0 cm³/mol. The van der Waals surface area contributed by atoms with E-state index in [0.29, 0.717) is 24.5 Å². The van der Waals surface area contributed by atoms with E-state index in [4.69, 9.17) is 4.74 Å². The van der Waals surface area contributed by atoms with Crippen LogP contribution < -0.4 is 4.90 Å². The zero-order chi connectivity index (χ0) is 16.8. The molecule has 2 heterocycles. The van der Waals surface area contributed by atoms with Crippen molar-refractivity contribution < 1.29 is 13.5 Å². The van der Waals surface area contributed by atoms with Crippen molar-refractivity contribution in [1.29, 1.82) is 0 Å². The molecular weight excluding hydrogens is 316 g/mol. The number of piperidine rings is 1. The summed E-state index contributed by atoms with van der Waals surface area (Å²) < 4.78 is 34.8.